The standard InChI is InChI=1S/CH3Cl.Na.HO8P3/c1-2;;1-9(2)7-11(5,6)8-10(3)4/h1H3;;(H-,1,2,5,6)/q;+1;/p+1. The molecule has 0 aliphatic rings. The molecule has 0 aromatic carbocycles. The Kier molecular flexibility index (Phi) is 16.4. The van der Waals surface area contributed by atoms with Gasteiger partial charge in [-0.3, -0.25) is 4.89 Å². The summed E-state index contributed by atoms with van der Waals surface area (Å²) in [5.74, 6) is 0. The van der Waals surface area contributed by atoms with Crippen LogP contribution in [0.3, 0.4) is 0 Å². The van der Waals surface area contributed by atoms with E-state index >= 15 is 0 Å². The summed E-state index contributed by atoms with van der Waals surface area (Å²) in [6, 6.07) is 0. The fourth-order valence-corrected chi connectivity index (χ4v) is 1.96. The fraction of sp³-hybridized carbons (Fsp3) is 1.00. The van der Waals surface area contributed by atoms with Gasteiger partial charge in [0.05, 0.1) is 0 Å². The first-order valence-electron chi connectivity index (χ1n) is 2.24. The summed E-state index contributed by atoms with van der Waals surface area (Å²) in [6.45, 7) is 0. The number of hydrogen-bond acceptors (Lipinski definition) is 6. The zero-order valence-electron chi connectivity index (χ0n) is 7.06. The molecule has 0 aromatic rings. The molecule has 0 spiro atoms. The van der Waals surface area contributed by atoms with Crippen molar-refractivity contribution < 1.29 is 66.6 Å². The topological polar surface area (TPSA) is 133 Å². The van der Waals surface area contributed by atoms with Gasteiger partial charge in [0.15, 0.2) is 0 Å². The molecule has 0 heterocycles. The van der Waals surface area contributed by atoms with Crippen molar-refractivity contribution in [2.45, 2.75) is 0 Å². The summed E-state index contributed by atoms with van der Waals surface area (Å²) in [5, 5.41) is 0. The van der Waals surface area contributed by atoms with Gasteiger partial charge in [0.1, 0.15) is 0 Å². The molecular formula is CH5ClNaO8P3+2. The van der Waals surface area contributed by atoms with Crippen LogP contribution in [0.2, 0.25) is 0 Å². The average Bonchev–Trinajstić information content (AvgIpc) is 1.85. The molecule has 14 heavy (non-hydrogen) atoms. The van der Waals surface area contributed by atoms with E-state index in [0.29, 0.717) is 0 Å². The van der Waals surface area contributed by atoms with Gasteiger partial charge in [-0.2, -0.15) is 0 Å². The zero-order valence-corrected chi connectivity index (χ0v) is 12.5. The Morgan fingerprint density at radius 1 is 1.36 bits per heavy atom. The molecule has 3 atom stereocenters. The Morgan fingerprint density at radius 3 is 1.93 bits per heavy atom. The van der Waals surface area contributed by atoms with Crippen LogP contribution >= 0.6 is 35.9 Å². The molecule has 2 N–H and O–H groups in total. The first-order valence-corrected chi connectivity index (χ1v) is 6.72. The van der Waals surface area contributed by atoms with E-state index in [2.05, 4.69) is 20.2 Å². The van der Waals surface area contributed by atoms with Crippen LogP contribution in [-0.4, -0.2) is 16.2 Å². The Labute approximate surface area is 108 Å². The average molecular weight is 296 g/mol. The van der Waals surface area contributed by atoms with Crippen molar-refractivity contribution in [3.63, 3.8) is 0 Å². The van der Waals surface area contributed by atoms with Gasteiger partial charge in [0, 0.05) is 15.3 Å². The predicted molar refractivity (Wildman–Crippen MR) is 41.2 cm³/mol. The van der Waals surface area contributed by atoms with Gasteiger partial charge in [0.25, 0.3) is 0 Å². The quantitative estimate of drug-likeness (QED) is 0.334. The summed E-state index contributed by atoms with van der Waals surface area (Å²) < 4.78 is 36.1. The van der Waals surface area contributed by atoms with E-state index in [1.165, 1.54) is 6.38 Å². The maximum atomic E-state index is 10.2. The largest absolute Gasteiger partial charge is 1.00 e. The van der Waals surface area contributed by atoms with Gasteiger partial charge in [-0.15, -0.1) is 16.5 Å². The molecule has 3 unspecified atom stereocenters. The van der Waals surface area contributed by atoms with Crippen LogP contribution < -0.4 is 34.5 Å². The van der Waals surface area contributed by atoms with Gasteiger partial charge in [-0.1, -0.05) is 0 Å². The van der Waals surface area contributed by atoms with Gasteiger partial charge in [0.2, 0.25) is 0 Å². The molecule has 0 aromatic heterocycles. The van der Waals surface area contributed by atoms with Crippen molar-refractivity contribution in [1.29, 1.82) is 0 Å². The van der Waals surface area contributed by atoms with Gasteiger partial charge >= 0.3 is 53.9 Å². The maximum absolute atomic E-state index is 10.2. The molecular weight excluding hydrogens is 291 g/mol. The van der Waals surface area contributed by atoms with E-state index < -0.39 is 24.3 Å². The fourth-order valence-electron chi connectivity index (χ4n) is 0.187. The number of hydrogen-bond donors (Lipinski definition) is 2. The van der Waals surface area contributed by atoms with E-state index in [0.717, 1.165) is 0 Å². The summed E-state index contributed by atoms with van der Waals surface area (Å²) in [5.41, 5.74) is 0. The molecule has 13 heteroatoms. The molecule has 0 rings (SSSR count). The number of halogens is 1. The maximum Gasteiger partial charge on any atom is 1.00 e. The third-order valence-electron chi connectivity index (χ3n) is 0.343. The SMILES string of the molecule is CCl.O=[P+]([O-])OP(=O)(O)O[P+](=O)O.[Na+]. The minimum absolute atomic E-state index is 0. The van der Waals surface area contributed by atoms with Crippen molar-refractivity contribution in [1.82, 2.24) is 0 Å². The monoisotopic (exact) mass is 296 g/mol. The van der Waals surface area contributed by atoms with Gasteiger partial charge < -0.3 is 4.89 Å². The molecule has 78 valence electrons. The summed E-state index contributed by atoms with van der Waals surface area (Å²) >= 11 is 4.64. The summed E-state index contributed by atoms with van der Waals surface area (Å²) in [6.07, 6.45) is 1.47. The van der Waals surface area contributed by atoms with Crippen molar-refractivity contribution in [2.75, 3.05) is 6.38 Å². The van der Waals surface area contributed by atoms with Gasteiger partial charge in [-0.05, 0) is 8.88 Å². The van der Waals surface area contributed by atoms with Crippen LogP contribution in [0.1, 0.15) is 0 Å². The minimum atomic E-state index is -4.93. The predicted octanol–water partition coefficient (Wildman–Crippen LogP) is -2.35. The molecule has 0 amide bonds. The van der Waals surface area contributed by atoms with Crippen molar-refractivity contribution in [3.8, 4) is 0 Å². The Morgan fingerprint density at radius 2 is 1.71 bits per heavy atom. The van der Waals surface area contributed by atoms with E-state index in [1.54, 1.807) is 0 Å². The normalized spacial score (nSPS) is 15.2. The van der Waals surface area contributed by atoms with Crippen LogP contribution in [0.4, 0.5) is 0 Å². The van der Waals surface area contributed by atoms with E-state index in [4.69, 9.17) is 9.79 Å². The Hall–Kier alpha value is 1.52. The second-order valence-electron chi connectivity index (χ2n) is 1.09. The first-order chi connectivity index (χ1) is 5.83. The van der Waals surface area contributed by atoms with Crippen LogP contribution in [0.15, 0.2) is 0 Å². The molecule has 0 radical (unpaired) electrons. The van der Waals surface area contributed by atoms with Crippen molar-refractivity contribution >= 4 is 35.9 Å². The van der Waals surface area contributed by atoms with Crippen LogP contribution in [0, 0.1) is 0 Å². The molecule has 0 aliphatic carbocycles. The van der Waals surface area contributed by atoms with Gasteiger partial charge in [-0.25, -0.2) is 4.57 Å². The smallest absolute Gasteiger partial charge is 0.566 e. The van der Waals surface area contributed by atoms with Crippen LogP contribution in [0.25, 0.3) is 0 Å². The van der Waals surface area contributed by atoms with Crippen molar-refractivity contribution in [2.24, 2.45) is 0 Å². The zero-order chi connectivity index (χ0) is 11.1. The third-order valence-corrected chi connectivity index (χ3v) is 3.09. The van der Waals surface area contributed by atoms with Crippen LogP contribution in [-0.2, 0) is 22.3 Å². The third kappa shape index (κ3) is 16.0. The number of phosphoric acid groups is 1. The summed E-state index contributed by atoms with van der Waals surface area (Å²) in [4.78, 5) is 25.7. The second-order valence-corrected chi connectivity index (χ2v) is 4.26. The molecule has 0 bridgehead atoms. The molecule has 0 fully saturated rings. The van der Waals surface area contributed by atoms with E-state index in [9.17, 15) is 18.6 Å². The number of rotatable bonds is 4. The molecule has 0 aliphatic heterocycles. The summed E-state index contributed by atoms with van der Waals surface area (Å²) in [7, 11) is -11.9. The second kappa shape index (κ2) is 11.0. The molecule has 0 saturated heterocycles. The van der Waals surface area contributed by atoms with Crippen molar-refractivity contribution in [3.05, 3.63) is 0 Å². The minimum Gasteiger partial charge on any atom is -0.566 e. The first kappa shape index (κ1) is 20.9. The van der Waals surface area contributed by atoms with E-state index in [1.807, 2.05) is 0 Å². The van der Waals surface area contributed by atoms with Crippen LogP contribution in [0.5, 0.6) is 0 Å². The molecule has 8 nitrogen and oxygen atoms in total. The Balaban J connectivity index is -0.000000376. The molecule has 0 saturated carbocycles. The number of alkyl halides is 1. The Bertz CT molecular complexity index is 211. The van der Waals surface area contributed by atoms with E-state index in [-0.39, 0.29) is 29.6 Å².